The Hall–Kier alpha value is -1.71. The molecule has 2 rings (SSSR count). The maximum atomic E-state index is 12.8. The lowest BCUT2D eigenvalue weighted by atomic mass is 10.0. The Bertz CT molecular complexity index is 566. The predicted molar refractivity (Wildman–Crippen MR) is 79.0 cm³/mol. The van der Waals surface area contributed by atoms with E-state index in [1.54, 1.807) is 12.1 Å². The van der Waals surface area contributed by atoms with Crippen molar-refractivity contribution in [2.45, 2.75) is 26.5 Å². The third kappa shape index (κ3) is 3.89. The lowest BCUT2D eigenvalue weighted by Crippen LogP contribution is -2.21. The Morgan fingerprint density at radius 2 is 1.75 bits per heavy atom. The minimum Gasteiger partial charge on any atom is -0.387 e. The molecule has 0 aromatic heterocycles. The van der Waals surface area contributed by atoms with Crippen molar-refractivity contribution in [3.63, 3.8) is 0 Å². The monoisotopic (exact) mass is 273 g/mol. The summed E-state index contributed by atoms with van der Waals surface area (Å²) in [6.07, 6.45) is -0.533. The molecule has 2 aromatic rings. The zero-order chi connectivity index (χ0) is 14.5. The zero-order valence-corrected chi connectivity index (χ0v) is 11.9. The van der Waals surface area contributed by atoms with Crippen LogP contribution in [-0.2, 0) is 6.54 Å². The fourth-order valence-electron chi connectivity index (χ4n) is 2.05. The maximum absolute atomic E-state index is 12.8. The van der Waals surface area contributed by atoms with Crippen molar-refractivity contribution >= 4 is 0 Å². The van der Waals surface area contributed by atoms with E-state index < -0.39 is 6.10 Å². The average molecular weight is 273 g/mol. The fraction of sp³-hybridized carbons (Fsp3) is 0.294. The Morgan fingerprint density at radius 3 is 2.40 bits per heavy atom. The van der Waals surface area contributed by atoms with Crippen LogP contribution in [0.4, 0.5) is 4.39 Å². The van der Waals surface area contributed by atoms with Gasteiger partial charge in [-0.1, -0.05) is 30.3 Å². The average Bonchev–Trinajstić information content (AvgIpc) is 2.44. The molecular formula is C17H20FNO. The van der Waals surface area contributed by atoms with Gasteiger partial charge in [0.1, 0.15) is 5.82 Å². The molecule has 0 amide bonds. The molecule has 2 nitrogen and oxygen atoms in total. The van der Waals surface area contributed by atoms with Crippen molar-refractivity contribution in [3.8, 4) is 0 Å². The molecule has 0 saturated carbocycles. The molecule has 2 N–H and O–H groups in total. The van der Waals surface area contributed by atoms with E-state index in [2.05, 4.69) is 12.2 Å². The molecule has 0 radical (unpaired) electrons. The number of halogens is 1. The van der Waals surface area contributed by atoms with E-state index in [4.69, 9.17) is 0 Å². The largest absolute Gasteiger partial charge is 0.387 e. The van der Waals surface area contributed by atoms with Crippen LogP contribution >= 0.6 is 0 Å². The highest BCUT2D eigenvalue weighted by Gasteiger charge is 2.07. The van der Waals surface area contributed by atoms with Crippen LogP contribution in [0.15, 0.2) is 42.5 Å². The van der Waals surface area contributed by atoms with Gasteiger partial charge < -0.3 is 10.4 Å². The molecule has 0 heterocycles. The van der Waals surface area contributed by atoms with Crippen LogP contribution in [0.5, 0.6) is 0 Å². The Balaban J connectivity index is 1.87. The van der Waals surface area contributed by atoms with Gasteiger partial charge in [0.05, 0.1) is 6.10 Å². The number of aliphatic hydroxyl groups is 1. The molecule has 0 bridgehead atoms. The molecule has 0 aliphatic heterocycles. The van der Waals surface area contributed by atoms with E-state index >= 15 is 0 Å². The van der Waals surface area contributed by atoms with Gasteiger partial charge in [-0.15, -0.1) is 0 Å². The molecule has 0 saturated heterocycles. The number of nitrogens with one attached hydrogen (secondary N) is 1. The molecule has 1 unspecified atom stereocenters. The third-order valence-electron chi connectivity index (χ3n) is 3.50. The summed E-state index contributed by atoms with van der Waals surface area (Å²) in [6, 6.07) is 12.4. The Labute approximate surface area is 119 Å². The lowest BCUT2D eigenvalue weighted by molar-refractivity contribution is 0.174. The first-order valence-corrected chi connectivity index (χ1v) is 6.76. The topological polar surface area (TPSA) is 32.3 Å². The van der Waals surface area contributed by atoms with Crippen LogP contribution < -0.4 is 5.32 Å². The minimum absolute atomic E-state index is 0.232. The van der Waals surface area contributed by atoms with E-state index in [-0.39, 0.29) is 5.82 Å². The van der Waals surface area contributed by atoms with Crippen molar-refractivity contribution in [1.82, 2.24) is 5.32 Å². The second-order valence-corrected chi connectivity index (χ2v) is 5.12. The Kier molecular flexibility index (Phi) is 4.88. The lowest BCUT2D eigenvalue weighted by Gasteiger charge is -2.14. The molecule has 106 valence electrons. The van der Waals surface area contributed by atoms with E-state index in [0.717, 1.165) is 11.1 Å². The van der Waals surface area contributed by atoms with Crippen molar-refractivity contribution in [3.05, 3.63) is 70.5 Å². The van der Waals surface area contributed by atoms with Crippen LogP contribution in [0.25, 0.3) is 0 Å². The van der Waals surface area contributed by atoms with Crippen molar-refractivity contribution < 1.29 is 9.50 Å². The summed E-state index contributed by atoms with van der Waals surface area (Å²) in [4.78, 5) is 0. The van der Waals surface area contributed by atoms with Gasteiger partial charge in [-0.2, -0.15) is 0 Å². The van der Waals surface area contributed by atoms with E-state index in [0.29, 0.717) is 13.1 Å². The van der Waals surface area contributed by atoms with Gasteiger partial charge in [0.25, 0.3) is 0 Å². The highest BCUT2D eigenvalue weighted by atomic mass is 19.1. The van der Waals surface area contributed by atoms with E-state index in [9.17, 15) is 9.50 Å². The molecule has 0 spiro atoms. The molecular weight excluding hydrogens is 253 g/mol. The Morgan fingerprint density at radius 1 is 1.05 bits per heavy atom. The smallest absolute Gasteiger partial charge is 0.123 e. The first-order valence-electron chi connectivity index (χ1n) is 6.76. The highest BCUT2D eigenvalue weighted by molar-refractivity contribution is 5.31. The highest BCUT2D eigenvalue weighted by Crippen LogP contribution is 2.16. The molecule has 3 heteroatoms. The van der Waals surface area contributed by atoms with Gasteiger partial charge >= 0.3 is 0 Å². The summed E-state index contributed by atoms with van der Waals surface area (Å²) >= 11 is 0. The van der Waals surface area contributed by atoms with Gasteiger partial charge in [-0.05, 0) is 48.2 Å². The number of hydrogen-bond acceptors (Lipinski definition) is 2. The summed E-state index contributed by atoms with van der Waals surface area (Å²) in [5.74, 6) is -0.232. The van der Waals surface area contributed by atoms with Gasteiger partial charge in [-0.3, -0.25) is 0 Å². The predicted octanol–water partition coefficient (Wildman–Crippen LogP) is 3.27. The number of rotatable bonds is 5. The normalized spacial score (nSPS) is 12.4. The van der Waals surface area contributed by atoms with Crippen molar-refractivity contribution in [2.24, 2.45) is 0 Å². The molecule has 0 fully saturated rings. The number of benzene rings is 2. The summed E-state index contributed by atoms with van der Waals surface area (Å²) < 4.78 is 12.8. The number of hydrogen-bond donors (Lipinski definition) is 2. The molecule has 0 aliphatic carbocycles. The standard InChI is InChI=1S/C17H20FNO/c1-12-3-6-15(9-13(12)2)17(20)11-19-10-14-4-7-16(18)8-5-14/h3-9,17,19-20H,10-11H2,1-2H3. The van der Waals surface area contributed by atoms with E-state index in [1.165, 1.54) is 23.3 Å². The van der Waals surface area contributed by atoms with Gasteiger partial charge in [0, 0.05) is 13.1 Å². The quantitative estimate of drug-likeness (QED) is 0.876. The summed E-state index contributed by atoms with van der Waals surface area (Å²) in [6.45, 7) is 5.18. The van der Waals surface area contributed by atoms with Crippen LogP contribution in [0.2, 0.25) is 0 Å². The molecule has 1 atom stereocenters. The molecule has 20 heavy (non-hydrogen) atoms. The van der Waals surface area contributed by atoms with Crippen LogP contribution in [0, 0.1) is 19.7 Å². The third-order valence-corrected chi connectivity index (χ3v) is 3.50. The second-order valence-electron chi connectivity index (χ2n) is 5.12. The summed E-state index contributed by atoms with van der Waals surface area (Å²) in [5.41, 5.74) is 4.32. The van der Waals surface area contributed by atoms with Crippen molar-refractivity contribution in [2.75, 3.05) is 6.54 Å². The van der Waals surface area contributed by atoms with Crippen LogP contribution in [0.1, 0.15) is 28.4 Å². The van der Waals surface area contributed by atoms with Gasteiger partial charge in [0.15, 0.2) is 0 Å². The van der Waals surface area contributed by atoms with Gasteiger partial charge in [-0.25, -0.2) is 4.39 Å². The first-order chi connectivity index (χ1) is 9.56. The first kappa shape index (κ1) is 14.7. The van der Waals surface area contributed by atoms with Crippen LogP contribution in [-0.4, -0.2) is 11.7 Å². The summed E-state index contributed by atoms with van der Waals surface area (Å²) in [7, 11) is 0. The minimum atomic E-state index is -0.533. The zero-order valence-electron chi connectivity index (χ0n) is 11.9. The van der Waals surface area contributed by atoms with Gasteiger partial charge in [0.2, 0.25) is 0 Å². The number of aryl methyl sites for hydroxylation is 2. The molecule has 2 aromatic carbocycles. The fourth-order valence-corrected chi connectivity index (χ4v) is 2.05. The summed E-state index contributed by atoms with van der Waals surface area (Å²) in [5, 5.41) is 13.3. The SMILES string of the molecule is Cc1ccc(C(O)CNCc2ccc(F)cc2)cc1C. The second kappa shape index (κ2) is 6.64. The van der Waals surface area contributed by atoms with Crippen molar-refractivity contribution in [1.29, 1.82) is 0 Å². The van der Waals surface area contributed by atoms with E-state index in [1.807, 2.05) is 25.1 Å². The molecule has 0 aliphatic rings. The maximum Gasteiger partial charge on any atom is 0.123 e. The number of aliphatic hydroxyl groups excluding tert-OH is 1. The van der Waals surface area contributed by atoms with Crippen LogP contribution in [0.3, 0.4) is 0 Å².